The molecule has 1 aromatic carbocycles. The van der Waals surface area contributed by atoms with Crippen molar-refractivity contribution in [1.29, 1.82) is 0 Å². The molecule has 0 amide bonds. The molecular formula is C18H25ClN2. The third kappa shape index (κ3) is 3.13. The maximum Gasteiger partial charge on any atom is 0.0453 e. The average molecular weight is 305 g/mol. The van der Waals surface area contributed by atoms with E-state index < -0.39 is 0 Å². The predicted octanol–water partition coefficient (Wildman–Crippen LogP) is 3.61. The molecule has 1 aromatic rings. The molecule has 1 heterocycles. The molecule has 0 aromatic heterocycles. The Labute approximate surface area is 132 Å². The van der Waals surface area contributed by atoms with Crippen molar-refractivity contribution in [2.45, 2.75) is 51.2 Å². The van der Waals surface area contributed by atoms with Gasteiger partial charge in [-0.3, -0.25) is 4.90 Å². The Bertz CT molecular complexity index is 522. The lowest BCUT2D eigenvalue weighted by molar-refractivity contribution is 0.100. The van der Waals surface area contributed by atoms with E-state index in [1.165, 1.54) is 49.9 Å². The first kappa shape index (κ1) is 14.0. The lowest BCUT2D eigenvalue weighted by Crippen LogP contribution is -2.57. The normalized spacial score (nSPS) is 30.6. The monoisotopic (exact) mass is 304 g/mol. The third-order valence-electron chi connectivity index (χ3n) is 5.43. The van der Waals surface area contributed by atoms with Crippen LogP contribution in [0, 0.1) is 18.8 Å². The topological polar surface area (TPSA) is 15.3 Å². The Hall–Kier alpha value is -0.570. The van der Waals surface area contributed by atoms with Gasteiger partial charge in [-0.25, -0.2) is 0 Å². The summed E-state index contributed by atoms with van der Waals surface area (Å²) in [4.78, 5) is 2.72. The number of nitrogens with zero attached hydrogens (tertiary/aromatic N) is 1. The Morgan fingerprint density at radius 1 is 1.19 bits per heavy atom. The summed E-state index contributed by atoms with van der Waals surface area (Å²) in [5.74, 6) is 1.85. The number of piperazine rings is 1. The molecule has 1 saturated heterocycles. The molecule has 114 valence electrons. The second-order valence-corrected chi connectivity index (χ2v) is 7.69. The largest absolute Gasteiger partial charge is 0.311 e. The molecular weight excluding hydrogens is 280 g/mol. The number of aryl methyl sites for hydroxylation is 1. The molecule has 2 nitrogen and oxygen atoms in total. The van der Waals surface area contributed by atoms with E-state index in [2.05, 4.69) is 35.3 Å². The van der Waals surface area contributed by atoms with Crippen molar-refractivity contribution in [1.82, 2.24) is 10.2 Å². The highest BCUT2D eigenvalue weighted by Crippen LogP contribution is 2.40. The van der Waals surface area contributed by atoms with Gasteiger partial charge < -0.3 is 5.32 Å². The van der Waals surface area contributed by atoms with Gasteiger partial charge in [-0.05, 0) is 61.6 Å². The van der Waals surface area contributed by atoms with Gasteiger partial charge in [0.15, 0.2) is 0 Å². The standard InChI is InChI=1S/C18H25ClN2/c1-12-2-3-15(16(19)8-12)10-21-11-17(13-4-5-13)20-9-18(21)14-6-7-14/h2-3,8,13-14,17-18,20H,4-7,9-11H2,1H3. The number of nitrogens with one attached hydrogen (secondary N) is 1. The zero-order valence-corrected chi connectivity index (χ0v) is 13.6. The molecule has 1 N–H and O–H groups in total. The lowest BCUT2D eigenvalue weighted by atomic mass is 10.0. The van der Waals surface area contributed by atoms with Gasteiger partial charge in [0.2, 0.25) is 0 Å². The van der Waals surface area contributed by atoms with Gasteiger partial charge in [-0.2, -0.15) is 0 Å². The summed E-state index contributed by atoms with van der Waals surface area (Å²) >= 11 is 6.46. The Morgan fingerprint density at radius 2 is 1.95 bits per heavy atom. The van der Waals surface area contributed by atoms with E-state index in [0.717, 1.165) is 29.4 Å². The van der Waals surface area contributed by atoms with E-state index in [4.69, 9.17) is 11.6 Å². The highest BCUT2D eigenvalue weighted by molar-refractivity contribution is 6.31. The fourth-order valence-corrected chi connectivity index (χ4v) is 4.09. The van der Waals surface area contributed by atoms with Crippen molar-refractivity contribution in [3.05, 3.63) is 34.3 Å². The summed E-state index contributed by atoms with van der Waals surface area (Å²) in [6, 6.07) is 7.94. The zero-order chi connectivity index (χ0) is 14.4. The minimum absolute atomic E-state index is 0.712. The summed E-state index contributed by atoms with van der Waals surface area (Å²) < 4.78 is 0. The summed E-state index contributed by atoms with van der Waals surface area (Å²) in [6.07, 6.45) is 5.67. The van der Waals surface area contributed by atoms with E-state index in [1.54, 1.807) is 0 Å². The van der Waals surface area contributed by atoms with Crippen molar-refractivity contribution in [3.63, 3.8) is 0 Å². The highest BCUT2D eigenvalue weighted by atomic mass is 35.5. The van der Waals surface area contributed by atoms with Crippen molar-refractivity contribution in [3.8, 4) is 0 Å². The molecule has 3 fully saturated rings. The van der Waals surface area contributed by atoms with Crippen LogP contribution in [-0.4, -0.2) is 30.1 Å². The smallest absolute Gasteiger partial charge is 0.0453 e. The number of hydrogen-bond acceptors (Lipinski definition) is 2. The van der Waals surface area contributed by atoms with E-state index >= 15 is 0 Å². The summed E-state index contributed by atoms with van der Waals surface area (Å²) in [5.41, 5.74) is 2.54. The molecule has 2 aliphatic carbocycles. The second-order valence-electron chi connectivity index (χ2n) is 7.28. The van der Waals surface area contributed by atoms with Crippen molar-refractivity contribution in [2.24, 2.45) is 11.8 Å². The number of halogens is 1. The van der Waals surface area contributed by atoms with Crippen LogP contribution in [0.15, 0.2) is 18.2 Å². The Kier molecular flexibility index (Phi) is 3.72. The minimum atomic E-state index is 0.712. The van der Waals surface area contributed by atoms with Gasteiger partial charge in [0.05, 0.1) is 0 Å². The molecule has 21 heavy (non-hydrogen) atoms. The van der Waals surface area contributed by atoms with E-state index in [-0.39, 0.29) is 0 Å². The first-order valence-corrected chi connectivity index (χ1v) is 8.81. The van der Waals surface area contributed by atoms with Crippen LogP contribution in [0.25, 0.3) is 0 Å². The minimum Gasteiger partial charge on any atom is -0.311 e. The SMILES string of the molecule is Cc1ccc(CN2CC(C3CC3)NCC2C2CC2)c(Cl)c1. The van der Waals surface area contributed by atoms with E-state index in [0.29, 0.717) is 6.04 Å². The molecule has 3 heteroatoms. The maximum atomic E-state index is 6.46. The summed E-state index contributed by atoms with van der Waals surface area (Å²) in [5, 5.41) is 4.75. The van der Waals surface area contributed by atoms with Gasteiger partial charge in [0.25, 0.3) is 0 Å². The summed E-state index contributed by atoms with van der Waals surface area (Å²) in [7, 11) is 0. The first-order chi connectivity index (χ1) is 10.2. The lowest BCUT2D eigenvalue weighted by Gasteiger charge is -2.41. The Morgan fingerprint density at radius 3 is 2.62 bits per heavy atom. The molecule has 3 aliphatic rings. The van der Waals surface area contributed by atoms with Crippen molar-refractivity contribution >= 4 is 11.6 Å². The van der Waals surface area contributed by atoms with Crippen LogP contribution in [0.5, 0.6) is 0 Å². The molecule has 2 atom stereocenters. The molecule has 4 rings (SSSR count). The van der Waals surface area contributed by atoms with Crippen LogP contribution in [0.1, 0.15) is 36.8 Å². The number of rotatable bonds is 4. The highest BCUT2D eigenvalue weighted by Gasteiger charge is 2.42. The third-order valence-corrected chi connectivity index (χ3v) is 5.78. The quantitative estimate of drug-likeness (QED) is 0.914. The molecule has 2 unspecified atom stereocenters. The maximum absolute atomic E-state index is 6.46. The fraction of sp³-hybridized carbons (Fsp3) is 0.667. The van der Waals surface area contributed by atoms with Gasteiger partial charge in [0, 0.05) is 36.7 Å². The first-order valence-electron chi connectivity index (χ1n) is 8.43. The predicted molar refractivity (Wildman–Crippen MR) is 87.6 cm³/mol. The average Bonchev–Trinajstić information content (AvgIpc) is 3.35. The van der Waals surface area contributed by atoms with Crippen LogP contribution in [0.2, 0.25) is 5.02 Å². The van der Waals surface area contributed by atoms with Crippen LogP contribution in [-0.2, 0) is 6.54 Å². The number of benzene rings is 1. The molecule has 0 spiro atoms. The van der Waals surface area contributed by atoms with Gasteiger partial charge in [-0.1, -0.05) is 23.7 Å². The van der Waals surface area contributed by atoms with E-state index in [9.17, 15) is 0 Å². The van der Waals surface area contributed by atoms with Crippen LogP contribution in [0.4, 0.5) is 0 Å². The van der Waals surface area contributed by atoms with E-state index in [1.807, 2.05) is 0 Å². The van der Waals surface area contributed by atoms with Crippen LogP contribution in [0.3, 0.4) is 0 Å². The van der Waals surface area contributed by atoms with Gasteiger partial charge in [-0.15, -0.1) is 0 Å². The molecule has 0 bridgehead atoms. The van der Waals surface area contributed by atoms with Gasteiger partial charge >= 0.3 is 0 Å². The zero-order valence-electron chi connectivity index (χ0n) is 12.8. The number of hydrogen-bond donors (Lipinski definition) is 1. The molecule has 2 saturated carbocycles. The van der Waals surface area contributed by atoms with Crippen LogP contribution < -0.4 is 5.32 Å². The van der Waals surface area contributed by atoms with Crippen LogP contribution >= 0.6 is 11.6 Å². The van der Waals surface area contributed by atoms with Crippen molar-refractivity contribution in [2.75, 3.05) is 13.1 Å². The van der Waals surface area contributed by atoms with Crippen molar-refractivity contribution < 1.29 is 0 Å². The fourth-order valence-electron chi connectivity index (χ4n) is 3.80. The molecule has 0 radical (unpaired) electrons. The second kappa shape index (κ2) is 5.57. The van der Waals surface area contributed by atoms with Gasteiger partial charge in [0.1, 0.15) is 0 Å². The summed E-state index contributed by atoms with van der Waals surface area (Å²) in [6.45, 7) is 5.51. The molecule has 1 aliphatic heterocycles. The Balaban J connectivity index is 1.50.